The lowest BCUT2D eigenvalue weighted by molar-refractivity contribution is -0.147. The van der Waals surface area contributed by atoms with Crippen LogP contribution >= 0.6 is 0 Å². The predicted molar refractivity (Wildman–Crippen MR) is 117 cm³/mol. The molecule has 3 saturated heterocycles. The molecule has 3 fully saturated rings. The van der Waals surface area contributed by atoms with E-state index in [1.54, 1.807) is 7.05 Å². The quantitative estimate of drug-likeness (QED) is 0.552. The van der Waals surface area contributed by atoms with Gasteiger partial charge in [-0.15, -0.1) is 0 Å². The molecule has 2 bridgehead atoms. The van der Waals surface area contributed by atoms with Gasteiger partial charge in [0.15, 0.2) is 0 Å². The Morgan fingerprint density at radius 2 is 2.00 bits per heavy atom. The molecule has 1 aromatic rings. The third-order valence-electron chi connectivity index (χ3n) is 7.69. The molecule has 174 valence electrons. The van der Waals surface area contributed by atoms with Gasteiger partial charge >= 0.3 is 0 Å². The van der Waals surface area contributed by atoms with E-state index in [0.29, 0.717) is 19.4 Å². The van der Waals surface area contributed by atoms with Crippen LogP contribution < -0.4 is 10.6 Å². The molecule has 8 nitrogen and oxygen atoms in total. The Morgan fingerprint density at radius 3 is 2.62 bits per heavy atom. The number of nitrogens with one attached hydrogen (secondary N) is 2. The molecule has 3 aliphatic rings. The van der Waals surface area contributed by atoms with Crippen LogP contribution in [0, 0.1) is 17.8 Å². The standard InChI is InChI=1S/C24H33N3O5/c1-4-14(2)16(13-28)27-20(22(30)26-12-15-8-6-5-7-9-15)24-11-10-17(32-24)18(21(29)25-3)19(24)23(27)31/h5-9,14,16-20,28H,4,10-13H2,1-3H3,(H,25,29)(H,26,30)/t14-,16-,17+,18-,19-,20?,24?/m0/s1. The number of hydrogen-bond acceptors (Lipinski definition) is 5. The van der Waals surface area contributed by atoms with Crippen LogP contribution in [0.15, 0.2) is 30.3 Å². The summed E-state index contributed by atoms with van der Waals surface area (Å²) in [5.41, 5.74) is -0.0908. The molecule has 2 unspecified atom stereocenters. The largest absolute Gasteiger partial charge is 0.394 e. The first-order valence-electron chi connectivity index (χ1n) is 11.5. The SMILES string of the molecule is CC[C@H](C)[C@H](CO)N1C(=O)[C@@H]2[C@@H](C(=O)NC)[C@H]3CCC2(O3)C1C(=O)NCc1ccccc1. The van der Waals surface area contributed by atoms with E-state index >= 15 is 0 Å². The number of hydrogen-bond donors (Lipinski definition) is 3. The van der Waals surface area contributed by atoms with Gasteiger partial charge in [-0.3, -0.25) is 14.4 Å². The summed E-state index contributed by atoms with van der Waals surface area (Å²) < 4.78 is 6.35. The van der Waals surface area contributed by atoms with E-state index in [-0.39, 0.29) is 36.4 Å². The molecule has 1 spiro atoms. The second-order valence-corrected chi connectivity index (χ2v) is 9.25. The Kier molecular flexibility index (Phi) is 6.27. The average molecular weight is 444 g/mol. The monoisotopic (exact) mass is 443 g/mol. The van der Waals surface area contributed by atoms with Crippen molar-refractivity contribution in [1.29, 1.82) is 0 Å². The third kappa shape index (κ3) is 3.40. The van der Waals surface area contributed by atoms with Crippen molar-refractivity contribution < 1.29 is 24.2 Å². The Bertz CT molecular complexity index is 878. The van der Waals surface area contributed by atoms with E-state index in [1.165, 1.54) is 4.90 Å². The molecule has 3 N–H and O–H groups in total. The number of carbonyl (C=O) groups excluding carboxylic acids is 3. The smallest absolute Gasteiger partial charge is 0.246 e. The highest BCUT2D eigenvalue weighted by molar-refractivity contribution is 5.99. The predicted octanol–water partition coefficient (Wildman–Crippen LogP) is 0.830. The number of amides is 3. The van der Waals surface area contributed by atoms with E-state index in [1.807, 2.05) is 44.2 Å². The fourth-order valence-corrected chi connectivity index (χ4v) is 5.91. The molecule has 4 rings (SSSR count). The second kappa shape index (κ2) is 8.83. The lowest BCUT2D eigenvalue weighted by atomic mass is 9.70. The fraction of sp³-hybridized carbons (Fsp3) is 0.625. The van der Waals surface area contributed by atoms with E-state index in [9.17, 15) is 19.5 Å². The van der Waals surface area contributed by atoms with E-state index in [2.05, 4.69) is 10.6 Å². The first kappa shape index (κ1) is 22.7. The molecule has 8 heteroatoms. The van der Waals surface area contributed by atoms with Gasteiger partial charge in [0, 0.05) is 13.6 Å². The van der Waals surface area contributed by atoms with E-state index in [4.69, 9.17) is 4.74 Å². The number of aliphatic hydroxyl groups is 1. The number of carbonyl (C=O) groups is 3. The minimum absolute atomic E-state index is 0.0146. The second-order valence-electron chi connectivity index (χ2n) is 9.25. The number of likely N-dealkylation sites (tertiary alicyclic amines) is 1. The Hall–Kier alpha value is -2.45. The van der Waals surface area contributed by atoms with Gasteiger partial charge in [-0.1, -0.05) is 50.6 Å². The molecule has 0 aliphatic carbocycles. The highest BCUT2D eigenvalue weighted by Crippen LogP contribution is 2.59. The first-order chi connectivity index (χ1) is 15.4. The number of fused-ring (bicyclic) bond motifs is 1. The summed E-state index contributed by atoms with van der Waals surface area (Å²) in [6, 6.07) is 8.17. The van der Waals surface area contributed by atoms with Crippen LogP contribution in [0.5, 0.6) is 0 Å². The molecule has 1 aromatic carbocycles. The van der Waals surface area contributed by atoms with Crippen molar-refractivity contribution in [2.45, 2.75) is 63.4 Å². The van der Waals surface area contributed by atoms with Crippen molar-refractivity contribution in [3.8, 4) is 0 Å². The summed E-state index contributed by atoms with van der Waals surface area (Å²) in [6.45, 7) is 4.04. The zero-order valence-electron chi connectivity index (χ0n) is 18.9. The molecule has 32 heavy (non-hydrogen) atoms. The number of aliphatic hydroxyl groups excluding tert-OH is 1. The van der Waals surface area contributed by atoms with Crippen LogP contribution in [0.4, 0.5) is 0 Å². The molecule has 3 aliphatic heterocycles. The zero-order chi connectivity index (χ0) is 23.0. The first-order valence-corrected chi connectivity index (χ1v) is 11.5. The molecular formula is C24H33N3O5. The summed E-state index contributed by atoms with van der Waals surface area (Å²) in [6.07, 6.45) is 1.55. The molecule has 7 atom stereocenters. The maximum atomic E-state index is 13.8. The molecule has 0 aromatic heterocycles. The summed E-state index contributed by atoms with van der Waals surface area (Å²) in [5.74, 6) is -2.15. The zero-order valence-corrected chi connectivity index (χ0v) is 18.9. The van der Waals surface area contributed by atoms with Gasteiger partial charge < -0.3 is 25.4 Å². The van der Waals surface area contributed by atoms with Crippen LogP contribution in [0.3, 0.4) is 0 Å². The van der Waals surface area contributed by atoms with Gasteiger partial charge in [-0.25, -0.2) is 0 Å². The van der Waals surface area contributed by atoms with E-state index in [0.717, 1.165) is 12.0 Å². The van der Waals surface area contributed by atoms with Crippen molar-refractivity contribution >= 4 is 17.7 Å². The topological polar surface area (TPSA) is 108 Å². The average Bonchev–Trinajstić information content (AvgIpc) is 3.46. The summed E-state index contributed by atoms with van der Waals surface area (Å²) in [5, 5.41) is 15.9. The fourth-order valence-electron chi connectivity index (χ4n) is 5.91. The van der Waals surface area contributed by atoms with Gasteiger partial charge in [0.25, 0.3) is 0 Å². The summed E-state index contributed by atoms with van der Waals surface area (Å²) in [4.78, 5) is 41.6. The number of benzene rings is 1. The van der Waals surface area contributed by atoms with Crippen LogP contribution in [0.1, 0.15) is 38.7 Å². The normalized spacial score (nSPS) is 32.5. The van der Waals surface area contributed by atoms with Gasteiger partial charge in [-0.05, 0) is 24.3 Å². The van der Waals surface area contributed by atoms with Gasteiger partial charge in [0.1, 0.15) is 11.6 Å². The molecule has 3 amide bonds. The van der Waals surface area contributed by atoms with Crippen molar-refractivity contribution in [1.82, 2.24) is 15.5 Å². The van der Waals surface area contributed by atoms with Crippen molar-refractivity contribution in [3.05, 3.63) is 35.9 Å². The van der Waals surface area contributed by atoms with Crippen LogP contribution in [0.2, 0.25) is 0 Å². The lowest BCUT2D eigenvalue weighted by Gasteiger charge is -2.38. The van der Waals surface area contributed by atoms with Crippen molar-refractivity contribution in [2.24, 2.45) is 17.8 Å². The highest BCUT2D eigenvalue weighted by Gasteiger charge is 2.75. The van der Waals surface area contributed by atoms with Crippen molar-refractivity contribution in [2.75, 3.05) is 13.7 Å². The molecule has 0 radical (unpaired) electrons. The van der Waals surface area contributed by atoms with Gasteiger partial charge in [0.05, 0.1) is 30.6 Å². The van der Waals surface area contributed by atoms with Crippen molar-refractivity contribution in [3.63, 3.8) is 0 Å². The third-order valence-corrected chi connectivity index (χ3v) is 7.69. The van der Waals surface area contributed by atoms with Gasteiger partial charge in [0.2, 0.25) is 17.7 Å². The Labute approximate surface area is 188 Å². The van der Waals surface area contributed by atoms with Gasteiger partial charge in [-0.2, -0.15) is 0 Å². The van der Waals surface area contributed by atoms with Crippen LogP contribution in [-0.2, 0) is 25.7 Å². The number of rotatable bonds is 8. The maximum absolute atomic E-state index is 13.8. The Morgan fingerprint density at radius 1 is 1.28 bits per heavy atom. The highest BCUT2D eigenvalue weighted by atomic mass is 16.5. The number of nitrogens with zero attached hydrogens (tertiary/aromatic N) is 1. The molecular weight excluding hydrogens is 410 g/mol. The molecule has 0 saturated carbocycles. The Balaban J connectivity index is 1.70. The summed E-state index contributed by atoms with van der Waals surface area (Å²) in [7, 11) is 1.55. The minimum Gasteiger partial charge on any atom is -0.394 e. The van der Waals surface area contributed by atoms with E-state index < -0.39 is 29.5 Å². The molecule has 3 heterocycles. The van der Waals surface area contributed by atoms with Crippen LogP contribution in [-0.4, -0.2) is 65.2 Å². The maximum Gasteiger partial charge on any atom is 0.246 e. The lowest BCUT2D eigenvalue weighted by Crippen LogP contribution is -2.59. The number of ether oxygens (including phenoxy) is 1. The minimum atomic E-state index is -1.04. The summed E-state index contributed by atoms with van der Waals surface area (Å²) >= 11 is 0. The van der Waals surface area contributed by atoms with Crippen LogP contribution in [0.25, 0.3) is 0 Å².